The highest BCUT2D eigenvalue weighted by Gasteiger charge is 2.10. The first-order valence-corrected chi connectivity index (χ1v) is 6.21. The smallest absolute Gasteiger partial charge is 0.255 e. The minimum Gasteiger partial charge on any atom is -0.345 e. The number of rotatable bonds is 2. The summed E-state index contributed by atoms with van der Waals surface area (Å²) in [7, 11) is 0. The van der Waals surface area contributed by atoms with E-state index in [4.69, 9.17) is 11.6 Å². The number of carbonyl (C=O) groups excluding carboxylic acids is 1. The van der Waals surface area contributed by atoms with Crippen LogP contribution in [0.25, 0.3) is 11.0 Å². The van der Waals surface area contributed by atoms with E-state index in [9.17, 15) is 9.18 Å². The first-order valence-electron chi connectivity index (χ1n) is 5.83. The highest BCUT2D eigenvalue weighted by molar-refractivity contribution is 6.33. The van der Waals surface area contributed by atoms with E-state index in [1.165, 1.54) is 18.2 Å². The van der Waals surface area contributed by atoms with Gasteiger partial charge in [-0.1, -0.05) is 11.6 Å². The molecule has 4 nitrogen and oxygen atoms in total. The lowest BCUT2D eigenvalue weighted by Crippen LogP contribution is -2.12. The van der Waals surface area contributed by atoms with Crippen molar-refractivity contribution in [2.45, 2.75) is 0 Å². The molecule has 3 rings (SSSR count). The van der Waals surface area contributed by atoms with Crippen LogP contribution in [0.4, 0.5) is 10.1 Å². The molecule has 0 aliphatic heterocycles. The Bertz CT molecular complexity index is 800. The third-order valence-corrected chi connectivity index (χ3v) is 3.19. The largest absolute Gasteiger partial charge is 0.345 e. The standard InChI is InChI=1S/C14H9ClFN3O/c15-10-3-2-9(16)6-12(10)19-14(20)8-1-4-11-13(5-8)18-7-17-11/h1-7H,(H,17,18)(H,19,20). The summed E-state index contributed by atoms with van der Waals surface area (Å²) in [5, 5.41) is 2.86. The lowest BCUT2D eigenvalue weighted by molar-refractivity contribution is 0.102. The summed E-state index contributed by atoms with van der Waals surface area (Å²) in [6.07, 6.45) is 1.55. The third-order valence-electron chi connectivity index (χ3n) is 2.86. The summed E-state index contributed by atoms with van der Waals surface area (Å²) in [6.45, 7) is 0. The molecule has 100 valence electrons. The Labute approximate surface area is 118 Å². The van der Waals surface area contributed by atoms with Crippen molar-refractivity contribution in [3.05, 3.63) is 59.1 Å². The second kappa shape index (κ2) is 4.94. The van der Waals surface area contributed by atoms with Gasteiger partial charge in [0.25, 0.3) is 5.91 Å². The fraction of sp³-hybridized carbons (Fsp3) is 0. The van der Waals surface area contributed by atoms with Gasteiger partial charge >= 0.3 is 0 Å². The molecule has 3 aromatic rings. The predicted molar refractivity (Wildman–Crippen MR) is 75.5 cm³/mol. The van der Waals surface area contributed by atoms with Gasteiger partial charge in [0.15, 0.2) is 0 Å². The van der Waals surface area contributed by atoms with E-state index in [-0.39, 0.29) is 16.6 Å². The Hall–Kier alpha value is -2.40. The number of carbonyl (C=O) groups is 1. The summed E-state index contributed by atoms with van der Waals surface area (Å²) in [5.41, 5.74) is 2.19. The molecule has 0 saturated heterocycles. The summed E-state index contributed by atoms with van der Waals surface area (Å²) in [6, 6.07) is 8.85. The monoisotopic (exact) mass is 289 g/mol. The molecule has 1 amide bonds. The summed E-state index contributed by atoms with van der Waals surface area (Å²) in [4.78, 5) is 19.1. The molecule has 1 aromatic heterocycles. The van der Waals surface area contributed by atoms with Gasteiger partial charge in [0, 0.05) is 5.56 Å². The molecule has 0 radical (unpaired) electrons. The summed E-state index contributed by atoms with van der Waals surface area (Å²) >= 11 is 5.91. The summed E-state index contributed by atoms with van der Waals surface area (Å²) in [5.74, 6) is -0.831. The molecule has 20 heavy (non-hydrogen) atoms. The number of hydrogen-bond donors (Lipinski definition) is 2. The van der Waals surface area contributed by atoms with E-state index in [0.29, 0.717) is 5.56 Å². The number of H-pyrrole nitrogens is 1. The molecule has 2 aromatic carbocycles. The zero-order valence-electron chi connectivity index (χ0n) is 10.2. The van der Waals surface area contributed by atoms with Crippen LogP contribution in [0.1, 0.15) is 10.4 Å². The molecule has 0 unspecified atom stereocenters. The van der Waals surface area contributed by atoms with Crippen molar-refractivity contribution < 1.29 is 9.18 Å². The quantitative estimate of drug-likeness (QED) is 0.757. The van der Waals surface area contributed by atoms with Crippen molar-refractivity contribution in [2.24, 2.45) is 0 Å². The Balaban J connectivity index is 1.90. The fourth-order valence-corrected chi connectivity index (χ4v) is 2.03. The Morgan fingerprint density at radius 1 is 1.25 bits per heavy atom. The van der Waals surface area contributed by atoms with E-state index in [2.05, 4.69) is 15.3 Å². The first-order chi connectivity index (χ1) is 9.63. The van der Waals surface area contributed by atoms with Crippen molar-refractivity contribution in [1.29, 1.82) is 0 Å². The predicted octanol–water partition coefficient (Wildman–Crippen LogP) is 3.61. The average Bonchev–Trinajstić information content (AvgIpc) is 2.90. The number of benzene rings is 2. The van der Waals surface area contributed by atoms with Crippen LogP contribution in [0.5, 0.6) is 0 Å². The zero-order chi connectivity index (χ0) is 14.1. The number of anilines is 1. The molecule has 0 spiro atoms. The van der Waals surface area contributed by atoms with Gasteiger partial charge in [-0.15, -0.1) is 0 Å². The van der Waals surface area contributed by atoms with E-state index in [1.807, 2.05) is 0 Å². The van der Waals surface area contributed by atoms with Gasteiger partial charge in [-0.05, 0) is 36.4 Å². The van der Waals surface area contributed by atoms with Gasteiger partial charge in [0.1, 0.15) is 5.82 Å². The maximum absolute atomic E-state index is 13.1. The average molecular weight is 290 g/mol. The Kier molecular flexibility index (Phi) is 3.12. The van der Waals surface area contributed by atoms with Gasteiger partial charge in [-0.2, -0.15) is 0 Å². The van der Waals surface area contributed by atoms with Gasteiger partial charge in [-0.3, -0.25) is 4.79 Å². The minimum absolute atomic E-state index is 0.237. The van der Waals surface area contributed by atoms with Crippen LogP contribution in [0, 0.1) is 5.82 Å². The van der Waals surface area contributed by atoms with Crippen LogP contribution >= 0.6 is 11.6 Å². The molecule has 1 heterocycles. The number of halogens is 2. The number of nitrogens with zero attached hydrogens (tertiary/aromatic N) is 1. The number of fused-ring (bicyclic) bond motifs is 1. The number of imidazole rings is 1. The van der Waals surface area contributed by atoms with E-state index in [0.717, 1.165) is 11.0 Å². The first kappa shape index (κ1) is 12.6. The molecule has 0 fully saturated rings. The van der Waals surface area contributed by atoms with Crippen LogP contribution in [0.15, 0.2) is 42.7 Å². The lowest BCUT2D eigenvalue weighted by Gasteiger charge is -2.07. The van der Waals surface area contributed by atoms with E-state index >= 15 is 0 Å². The van der Waals surface area contributed by atoms with Crippen LogP contribution in [0.2, 0.25) is 5.02 Å². The van der Waals surface area contributed by atoms with E-state index < -0.39 is 5.82 Å². The molecule has 0 aliphatic carbocycles. The van der Waals surface area contributed by atoms with Gasteiger partial charge in [-0.25, -0.2) is 9.37 Å². The SMILES string of the molecule is O=C(Nc1cc(F)ccc1Cl)c1ccc2nc[nH]c2c1. The highest BCUT2D eigenvalue weighted by Crippen LogP contribution is 2.23. The second-order valence-electron chi connectivity index (χ2n) is 4.21. The molecular formula is C14H9ClFN3O. The van der Waals surface area contributed by atoms with Crippen molar-refractivity contribution in [2.75, 3.05) is 5.32 Å². The number of aromatic amines is 1. The second-order valence-corrected chi connectivity index (χ2v) is 4.62. The van der Waals surface area contributed by atoms with Crippen LogP contribution < -0.4 is 5.32 Å². The number of aromatic nitrogens is 2. The summed E-state index contributed by atoms with van der Waals surface area (Å²) < 4.78 is 13.1. The minimum atomic E-state index is -0.464. The topological polar surface area (TPSA) is 57.8 Å². The molecule has 6 heteroatoms. The number of nitrogens with one attached hydrogen (secondary N) is 2. The van der Waals surface area contributed by atoms with Gasteiger partial charge in [0.2, 0.25) is 0 Å². The maximum Gasteiger partial charge on any atom is 0.255 e. The van der Waals surface area contributed by atoms with Gasteiger partial charge < -0.3 is 10.3 Å². The molecule has 0 bridgehead atoms. The zero-order valence-corrected chi connectivity index (χ0v) is 10.9. The maximum atomic E-state index is 13.1. The third kappa shape index (κ3) is 2.35. The van der Waals surface area contributed by atoms with Crippen molar-refractivity contribution >= 4 is 34.2 Å². The highest BCUT2D eigenvalue weighted by atomic mass is 35.5. The van der Waals surface area contributed by atoms with Crippen molar-refractivity contribution in [3.63, 3.8) is 0 Å². The molecule has 2 N–H and O–H groups in total. The van der Waals surface area contributed by atoms with Gasteiger partial charge in [0.05, 0.1) is 28.1 Å². The fourth-order valence-electron chi connectivity index (χ4n) is 1.86. The van der Waals surface area contributed by atoms with E-state index in [1.54, 1.807) is 24.5 Å². The normalized spacial score (nSPS) is 10.7. The van der Waals surface area contributed by atoms with Crippen molar-refractivity contribution in [3.8, 4) is 0 Å². The van der Waals surface area contributed by atoms with Crippen LogP contribution in [0.3, 0.4) is 0 Å². The Morgan fingerprint density at radius 2 is 2.10 bits per heavy atom. The van der Waals surface area contributed by atoms with Crippen LogP contribution in [-0.4, -0.2) is 15.9 Å². The lowest BCUT2D eigenvalue weighted by atomic mass is 10.2. The van der Waals surface area contributed by atoms with Crippen molar-refractivity contribution in [1.82, 2.24) is 9.97 Å². The molecular weight excluding hydrogens is 281 g/mol. The number of amides is 1. The van der Waals surface area contributed by atoms with Crippen LogP contribution in [-0.2, 0) is 0 Å². The Morgan fingerprint density at radius 3 is 2.95 bits per heavy atom. The molecule has 0 aliphatic rings. The number of hydrogen-bond acceptors (Lipinski definition) is 2. The molecule has 0 saturated carbocycles. The molecule has 0 atom stereocenters.